The predicted molar refractivity (Wildman–Crippen MR) is 115 cm³/mol. The number of H-pyrrole nitrogens is 1. The summed E-state index contributed by atoms with van der Waals surface area (Å²) in [4.78, 5) is 52.9. The van der Waals surface area contributed by atoms with Gasteiger partial charge in [-0.1, -0.05) is 0 Å². The molecule has 8 heteroatoms. The van der Waals surface area contributed by atoms with Crippen molar-refractivity contribution < 1.29 is 9.59 Å². The number of aromatic nitrogens is 2. The fraction of sp³-hybridized carbons (Fsp3) is 0.273. The third kappa shape index (κ3) is 3.41. The molecule has 0 bridgehead atoms. The maximum atomic E-state index is 12.7. The highest BCUT2D eigenvalue weighted by Crippen LogP contribution is 2.27. The lowest BCUT2D eigenvalue weighted by atomic mass is 10.1. The Bertz CT molecular complexity index is 1290. The van der Waals surface area contributed by atoms with E-state index in [2.05, 4.69) is 10.3 Å². The highest BCUT2D eigenvalue weighted by atomic mass is 16.2. The number of aryl methyl sites for hydroxylation is 2. The van der Waals surface area contributed by atoms with Crippen molar-refractivity contribution in [2.45, 2.75) is 33.2 Å². The number of aromatic amines is 1. The van der Waals surface area contributed by atoms with E-state index < -0.39 is 11.1 Å². The van der Waals surface area contributed by atoms with Gasteiger partial charge < -0.3 is 19.8 Å². The van der Waals surface area contributed by atoms with Crippen molar-refractivity contribution in [2.24, 2.45) is 0 Å². The van der Waals surface area contributed by atoms with Crippen molar-refractivity contribution in [1.29, 1.82) is 0 Å². The van der Waals surface area contributed by atoms with Crippen LogP contribution < -0.4 is 21.3 Å². The zero-order valence-electron chi connectivity index (χ0n) is 16.8. The number of benzene rings is 2. The standard InChI is InChI=1S/C22H22N4O4/c1-3-25-18-8-6-14(12-16(18)24-21(29)22(25)30)20(28)23-15-7-9-17(13(2)11-15)26-10-4-5-19(26)27/h6-9,11-12H,3-5,10H2,1-2H3,(H,23,28)(H,24,29). The zero-order chi connectivity index (χ0) is 21.4. The number of amides is 2. The van der Waals surface area contributed by atoms with Crippen LogP contribution in [0.3, 0.4) is 0 Å². The molecule has 2 aromatic carbocycles. The van der Waals surface area contributed by atoms with Gasteiger partial charge in [-0.05, 0) is 62.2 Å². The summed E-state index contributed by atoms with van der Waals surface area (Å²) in [6.07, 6.45) is 1.42. The molecule has 0 saturated carbocycles. The van der Waals surface area contributed by atoms with Crippen molar-refractivity contribution in [3.05, 3.63) is 68.2 Å². The molecule has 1 aliphatic rings. The lowest BCUT2D eigenvalue weighted by Crippen LogP contribution is -2.36. The molecule has 0 atom stereocenters. The maximum absolute atomic E-state index is 12.7. The quantitative estimate of drug-likeness (QED) is 0.649. The van der Waals surface area contributed by atoms with Gasteiger partial charge in [0.25, 0.3) is 5.91 Å². The van der Waals surface area contributed by atoms with E-state index in [0.29, 0.717) is 41.8 Å². The maximum Gasteiger partial charge on any atom is 0.316 e. The van der Waals surface area contributed by atoms with Crippen LogP contribution in [0.25, 0.3) is 11.0 Å². The van der Waals surface area contributed by atoms with E-state index in [1.54, 1.807) is 36.1 Å². The summed E-state index contributed by atoms with van der Waals surface area (Å²) in [5, 5.41) is 2.84. The Labute approximate surface area is 172 Å². The van der Waals surface area contributed by atoms with Crippen molar-refractivity contribution in [3.8, 4) is 0 Å². The summed E-state index contributed by atoms with van der Waals surface area (Å²) in [5.41, 5.74) is 2.38. The number of fused-ring (bicyclic) bond motifs is 1. The molecule has 2 heterocycles. The van der Waals surface area contributed by atoms with E-state index in [1.165, 1.54) is 4.57 Å². The Morgan fingerprint density at radius 1 is 1.13 bits per heavy atom. The first kappa shape index (κ1) is 19.6. The summed E-state index contributed by atoms with van der Waals surface area (Å²) in [7, 11) is 0. The van der Waals surface area contributed by atoms with Gasteiger partial charge in [0.1, 0.15) is 0 Å². The van der Waals surface area contributed by atoms with Crippen LogP contribution in [0.2, 0.25) is 0 Å². The number of hydrogen-bond donors (Lipinski definition) is 2. The minimum atomic E-state index is -0.718. The van der Waals surface area contributed by atoms with Crippen LogP contribution in [0.15, 0.2) is 46.0 Å². The van der Waals surface area contributed by atoms with Crippen molar-refractivity contribution in [1.82, 2.24) is 9.55 Å². The van der Waals surface area contributed by atoms with Crippen LogP contribution in [0.4, 0.5) is 11.4 Å². The average Bonchev–Trinajstić information content (AvgIpc) is 3.14. The zero-order valence-corrected chi connectivity index (χ0v) is 16.8. The minimum Gasteiger partial charge on any atom is -0.322 e. The van der Waals surface area contributed by atoms with Gasteiger partial charge in [-0.25, -0.2) is 0 Å². The first-order valence-corrected chi connectivity index (χ1v) is 9.88. The Kier molecular flexibility index (Phi) is 4.99. The molecule has 0 unspecified atom stereocenters. The average molecular weight is 406 g/mol. The second kappa shape index (κ2) is 7.62. The predicted octanol–water partition coefficient (Wildman–Crippen LogP) is 2.40. The topological polar surface area (TPSA) is 104 Å². The molecule has 30 heavy (non-hydrogen) atoms. The summed E-state index contributed by atoms with van der Waals surface area (Å²) in [6, 6.07) is 10.3. The Morgan fingerprint density at radius 2 is 1.93 bits per heavy atom. The Balaban J connectivity index is 1.61. The lowest BCUT2D eigenvalue weighted by molar-refractivity contribution is -0.117. The van der Waals surface area contributed by atoms with Gasteiger partial charge in [-0.2, -0.15) is 0 Å². The highest BCUT2D eigenvalue weighted by molar-refractivity contribution is 6.06. The second-order valence-electron chi connectivity index (χ2n) is 7.34. The molecule has 4 rings (SSSR count). The molecule has 0 radical (unpaired) electrons. The fourth-order valence-electron chi connectivity index (χ4n) is 3.88. The molecule has 154 valence electrons. The summed E-state index contributed by atoms with van der Waals surface area (Å²) >= 11 is 0. The smallest absolute Gasteiger partial charge is 0.316 e. The monoisotopic (exact) mass is 406 g/mol. The number of anilines is 2. The fourth-order valence-corrected chi connectivity index (χ4v) is 3.88. The van der Waals surface area contributed by atoms with Crippen molar-refractivity contribution in [3.63, 3.8) is 0 Å². The number of nitrogens with one attached hydrogen (secondary N) is 2. The largest absolute Gasteiger partial charge is 0.322 e. The normalized spacial score (nSPS) is 13.8. The van der Waals surface area contributed by atoms with Crippen LogP contribution in [0.1, 0.15) is 35.7 Å². The van der Waals surface area contributed by atoms with Gasteiger partial charge in [0.2, 0.25) is 5.91 Å². The molecule has 1 saturated heterocycles. The van der Waals surface area contributed by atoms with E-state index >= 15 is 0 Å². The van der Waals surface area contributed by atoms with E-state index in [9.17, 15) is 19.2 Å². The molecule has 1 aromatic heterocycles. The molecular formula is C22H22N4O4. The molecule has 2 amide bonds. The van der Waals surface area contributed by atoms with E-state index in [-0.39, 0.29) is 11.8 Å². The third-order valence-corrected chi connectivity index (χ3v) is 5.37. The first-order valence-electron chi connectivity index (χ1n) is 9.88. The van der Waals surface area contributed by atoms with Gasteiger partial charge in [0, 0.05) is 36.4 Å². The lowest BCUT2D eigenvalue weighted by Gasteiger charge is -2.19. The van der Waals surface area contributed by atoms with Crippen LogP contribution >= 0.6 is 0 Å². The SMILES string of the molecule is CCn1c(=O)c(=O)[nH]c2cc(C(=O)Nc3ccc(N4CCCC4=O)c(C)c3)ccc21. The van der Waals surface area contributed by atoms with Crippen LogP contribution in [-0.2, 0) is 11.3 Å². The molecule has 1 fully saturated rings. The molecular weight excluding hydrogens is 384 g/mol. The summed E-state index contributed by atoms with van der Waals surface area (Å²) in [5.74, 6) is -0.220. The van der Waals surface area contributed by atoms with Gasteiger partial charge in [0.15, 0.2) is 0 Å². The number of carbonyl (C=O) groups excluding carboxylic acids is 2. The van der Waals surface area contributed by atoms with Gasteiger partial charge >= 0.3 is 11.1 Å². The number of carbonyl (C=O) groups is 2. The van der Waals surface area contributed by atoms with E-state index in [0.717, 1.165) is 17.7 Å². The van der Waals surface area contributed by atoms with Crippen LogP contribution in [-0.4, -0.2) is 27.9 Å². The Hall–Kier alpha value is -3.68. The van der Waals surface area contributed by atoms with Gasteiger partial charge in [0.05, 0.1) is 11.0 Å². The third-order valence-electron chi connectivity index (χ3n) is 5.37. The molecule has 0 spiro atoms. The Morgan fingerprint density at radius 3 is 2.60 bits per heavy atom. The highest BCUT2D eigenvalue weighted by Gasteiger charge is 2.23. The molecule has 0 aliphatic carbocycles. The second-order valence-corrected chi connectivity index (χ2v) is 7.34. The van der Waals surface area contributed by atoms with Crippen molar-refractivity contribution in [2.75, 3.05) is 16.8 Å². The summed E-state index contributed by atoms with van der Waals surface area (Å²) in [6.45, 7) is 4.75. The molecule has 2 N–H and O–H groups in total. The van der Waals surface area contributed by atoms with E-state index in [4.69, 9.17) is 0 Å². The number of rotatable bonds is 4. The van der Waals surface area contributed by atoms with Gasteiger partial charge in [-0.15, -0.1) is 0 Å². The van der Waals surface area contributed by atoms with Crippen LogP contribution in [0, 0.1) is 6.92 Å². The van der Waals surface area contributed by atoms with Gasteiger partial charge in [-0.3, -0.25) is 19.2 Å². The molecule has 1 aliphatic heterocycles. The molecule has 3 aromatic rings. The van der Waals surface area contributed by atoms with Crippen molar-refractivity contribution >= 4 is 34.2 Å². The molecule has 8 nitrogen and oxygen atoms in total. The van der Waals surface area contributed by atoms with Crippen LogP contribution in [0.5, 0.6) is 0 Å². The number of hydrogen-bond acceptors (Lipinski definition) is 4. The summed E-state index contributed by atoms with van der Waals surface area (Å²) < 4.78 is 1.37. The van der Waals surface area contributed by atoms with E-state index in [1.807, 2.05) is 19.1 Å². The first-order chi connectivity index (χ1) is 14.4. The minimum absolute atomic E-state index is 0.116. The number of nitrogens with zero attached hydrogens (tertiary/aromatic N) is 2.